The van der Waals surface area contributed by atoms with Crippen molar-refractivity contribution in [2.75, 3.05) is 6.61 Å². The van der Waals surface area contributed by atoms with Crippen molar-refractivity contribution < 1.29 is 4.74 Å². The number of hydrogen-bond donors (Lipinski definition) is 1. The molecule has 0 fully saturated rings. The third kappa shape index (κ3) is 3.55. The van der Waals surface area contributed by atoms with Crippen LogP contribution in [0.3, 0.4) is 0 Å². The van der Waals surface area contributed by atoms with Gasteiger partial charge in [0.25, 0.3) is 0 Å². The van der Waals surface area contributed by atoms with E-state index in [1.165, 1.54) is 0 Å². The van der Waals surface area contributed by atoms with Crippen LogP contribution in [0, 0.1) is 0 Å². The smallest absolute Gasteiger partial charge is 0.138 e. The minimum absolute atomic E-state index is 0.0347. The molecular formula is C16H20N2O. The normalized spacial score (nSPS) is 12.2. The summed E-state index contributed by atoms with van der Waals surface area (Å²) >= 11 is 0. The number of nitrogens with two attached hydrogens (primary N) is 1. The van der Waals surface area contributed by atoms with Gasteiger partial charge in [0.2, 0.25) is 0 Å². The lowest BCUT2D eigenvalue weighted by molar-refractivity contribution is 0.316. The van der Waals surface area contributed by atoms with Crippen molar-refractivity contribution in [3.05, 3.63) is 48.3 Å². The summed E-state index contributed by atoms with van der Waals surface area (Å²) in [5.74, 6) is 0.811. The average Bonchev–Trinajstić information content (AvgIpc) is 2.45. The summed E-state index contributed by atoms with van der Waals surface area (Å²) < 4.78 is 5.61. The maximum Gasteiger partial charge on any atom is 0.138 e. The predicted molar refractivity (Wildman–Crippen MR) is 78.1 cm³/mol. The van der Waals surface area contributed by atoms with Crippen LogP contribution >= 0.6 is 0 Å². The molecule has 0 saturated heterocycles. The van der Waals surface area contributed by atoms with Gasteiger partial charge in [-0.3, -0.25) is 4.98 Å². The van der Waals surface area contributed by atoms with Gasteiger partial charge in [-0.25, -0.2) is 0 Å². The first-order chi connectivity index (χ1) is 9.20. The van der Waals surface area contributed by atoms with Gasteiger partial charge in [0.05, 0.1) is 12.8 Å². The molecule has 2 aromatic rings. The Balaban J connectivity index is 2.28. The van der Waals surface area contributed by atoms with E-state index in [1.54, 1.807) is 6.20 Å². The number of pyridine rings is 1. The van der Waals surface area contributed by atoms with Crippen molar-refractivity contribution in [3.63, 3.8) is 0 Å². The number of hydrogen-bond acceptors (Lipinski definition) is 3. The molecule has 100 valence electrons. The molecule has 0 radical (unpaired) electrons. The molecule has 1 atom stereocenters. The number of ether oxygens (including phenoxy) is 1. The molecule has 0 spiro atoms. The van der Waals surface area contributed by atoms with E-state index in [1.807, 2.05) is 31.3 Å². The molecule has 2 N–H and O–H groups in total. The lowest BCUT2D eigenvalue weighted by Gasteiger charge is -2.09. The zero-order chi connectivity index (χ0) is 13.7. The zero-order valence-corrected chi connectivity index (χ0v) is 11.5. The summed E-state index contributed by atoms with van der Waals surface area (Å²) in [5.41, 5.74) is 9.21. The van der Waals surface area contributed by atoms with Crippen LogP contribution in [0.5, 0.6) is 5.75 Å². The highest BCUT2D eigenvalue weighted by Crippen LogP contribution is 2.25. The van der Waals surface area contributed by atoms with E-state index in [0.29, 0.717) is 6.61 Å². The Kier molecular flexibility index (Phi) is 4.53. The van der Waals surface area contributed by atoms with Crippen LogP contribution in [-0.4, -0.2) is 11.6 Å². The van der Waals surface area contributed by atoms with Crippen molar-refractivity contribution in [1.82, 2.24) is 4.98 Å². The third-order valence-corrected chi connectivity index (χ3v) is 2.93. The number of rotatable bonds is 5. The van der Waals surface area contributed by atoms with Gasteiger partial charge in [0.15, 0.2) is 0 Å². The molecule has 19 heavy (non-hydrogen) atoms. The molecule has 3 nitrogen and oxygen atoms in total. The van der Waals surface area contributed by atoms with E-state index in [0.717, 1.165) is 28.9 Å². The number of aromatic nitrogens is 1. The van der Waals surface area contributed by atoms with Gasteiger partial charge in [-0.05, 0) is 36.6 Å². The lowest BCUT2D eigenvalue weighted by atomic mass is 10.0. The van der Waals surface area contributed by atoms with E-state index in [-0.39, 0.29) is 6.04 Å². The first-order valence-electron chi connectivity index (χ1n) is 6.64. The monoisotopic (exact) mass is 256 g/mol. The summed E-state index contributed by atoms with van der Waals surface area (Å²) in [5, 5.41) is 0. The topological polar surface area (TPSA) is 48.1 Å². The van der Waals surface area contributed by atoms with Gasteiger partial charge in [0, 0.05) is 17.8 Å². The Morgan fingerprint density at radius 1 is 1.21 bits per heavy atom. The fourth-order valence-corrected chi connectivity index (χ4v) is 1.88. The minimum atomic E-state index is 0.0347. The standard InChI is InChI=1S/C16H20N2O/c1-3-7-19-16-9-15(10-18-11-16)14-6-4-5-13(8-14)12(2)17/h4-6,8-12H,3,7,17H2,1-2H3. The van der Waals surface area contributed by atoms with E-state index in [2.05, 4.69) is 24.0 Å². The highest BCUT2D eigenvalue weighted by molar-refractivity contribution is 5.64. The Hall–Kier alpha value is -1.87. The van der Waals surface area contributed by atoms with E-state index < -0.39 is 0 Å². The Labute approximate surface area is 114 Å². The fourth-order valence-electron chi connectivity index (χ4n) is 1.88. The molecular weight excluding hydrogens is 236 g/mol. The number of nitrogens with zero attached hydrogens (tertiary/aromatic N) is 1. The van der Waals surface area contributed by atoms with Crippen LogP contribution in [0.2, 0.25) is 0 Å². The average molecular weight is 256 g/mol. The largest absolute Gasteiger partial charge is 0.492 e. The molecule has 3 heteroatoms. The molecule has 0 amide bonds. The van der Waals surface area contributed by atoms with Crippen LogP contribution in [0.1, 0.15) is 31.9 Å². The van der Waals surface area contributed by atoms with Crippen LogP contribution < -0.4 is 10.5 Å². The van der Waals surface area contributed by atoms with Crippen molar-refractivity contribution in [3.8, 4) is 16.9 Å². The molecule has 0 saturated carbocycles. The van der Waals surface area contributed by atoms with Crippen molar-refractivity contribution in [2.24, 2.45) is 5.73 Å². The summed E-state index contributed by atoms with van der Waals surface area (Å²) in [6.07, 6.45) is 4.58. The van der Waals surface area contributed by atoms with Crippen molar-refractivity contribution >= 4 is 0 Å². The van der Waals surface area contributed by atoms with Crippen LogP contribution in [0.4, 0.5) is 0 Å². The Morgan fingerprint density at radius 3 is 2.79 bits per heavy atom. The maximum atomic E-state index is 5.92. The van der Waals surface area contributed by atoms with Crippen molar-refractivity contribution in [1.29, 1.82) is 0 Å². The van der Waals surface area contributed by atoms with Gasteiger partial charge in [-0.1, -0.05) is 25.1 Å². The molecule has 1 heterocycles. The SMILES string of the molecule is CCCOc1cncc(-c2cccc(C(C)N)c2)c1. The Morgan fingerprint density at radius 2 is 2.05 bits per heavy atom. The van der Waals surface area contributed by atoms with Crippen molar-refractivity contribution in [2.45, 2.75) is 26.3 Å². The molecule has 1 aromatic carbocycles. The first-order valence-corrected chi connectivity index (χ1v) is 6.64. The second-order valence-corrected chi connectivity index (χ2v) is 4.67. The van der Waals surface area contributed by atoms with Gasteiger partial charge in [-0.15, -0.1) is 0 Å². The highest BCUT2D eigenvalue weighted by atomic mass is 16.5. The minimum Gasteiger partial charge on any atom is -0.492 e. The quantitative estimate of drug-likeness (QED) is 0.889. The molecule has 1 unspecified atom stereocenters. The molecule has 2 rings (SSSR count). The lowest BCUT2D eigenvalue weighted by Crippen LogP contribution is -2.04. The summed E-state index contributed by atoms with van der Waals surface area (Å²) in [6, 6.07) is 10.3. The second kappa shape index (κ2) is 6.34. The van der Waals surface area contributed by atoms with Gasteiger partial charge in [-0.2, -0.15) is 0 Å². The van der Waals surface area contributed by atoms with Gasteiger partial charge < -0.3 is 10.5 Å². The molecule has 1 aromatic heterocycles. The summed E-state index contributed by atoms with van der Waals surface area (Å²) in [7, 11) is 0. The van der Waals surface area contributed by atoms with Crippen LogP contribution in [0.15, 0.2) is 42.7 Å². The van der Waals surface area contributed by atoms with Gasteiger partial charge >= 0.3 is 0 Å². The molecule has 0 aliphatic carbocycles. The number of benzene rings is 1. The first kappa shape index (κ1) is 13.6. The Bertz CT molecular complexity index is 538. The van der Waals surface area contributed by atoms with Gasteiger partial charge in [0.1, 0.15) is 5.75 Å². The molecule has 0 aliphatic rings. The molecule has 0 bridgehead atoms. The van der Waals surface area contributed by atoms with E-state index in [9.17, 15) is 0 Å². The highest BCUT2D eigenvalue weighted by Gasteiger charge is 2.04. The second-order valence-electron chi connectivity index (χ2n) is 4.67. The summed E-state index contributed by atoms with van der Waals surface area (Å²) in [6.45, 7) is 4.78. The fraction of sp³-hybridized carbons (Fsp3) is 0.312. The maximum absolute atomic E-state index is 5.92. The molecule has 0 aliphatic heterocycles. The summed E-state index contributed by atoms with van der Waals surface area (Å²) in [4.78, 5) is 4.23. The van der Waals surface area contributed by atoms with Crippen LogP contribution in [-0.2, 0) is 0 Å². The van der Waals surface area contributed by atoms with Crippen LogP contribution in [0.25, 0.3) is 11.1 Å². The van der Waals surface area contributed by atoms with E-state index in [4.69, 9.17) is 10.5 Å². The zero-order valence-electron chi connectivity index (χ0n) is 11.5. The third-order valence-electron chi connectivity index (χ3n) is 2.93. The van der Waals surface area contributed by atoms with E-state index >= 15 is 0 Å². The predicted octanol–water partition coefficient (Wildman–Crippen LogP) is 3.56.